The van der Waals surface area contributed by atoms with Crippen molar-refractivity contribution in [2.45, 2.75) is 13.0 Å². The molecule has 2 heterocycles. The first-order chi connectivity index (χ1) is 9.65. The summed E-state index contributed by atoms with van der Waals surface area (Å²) >= 11 is 0. The molecule has 1 aromatic heterocycles. The van der Waals surface area contributed by atoms with Crippen LogP contribution >= 0.6 is 0 Å². The third kappa shape index (κ3) is 3.39. The Balaban J connectivity index is 1.93. The number of carbonyl (C=O) groups excluding carboxylic acids is 1. The second kappa shape index (κ2) is 6.88. The summed E-state index contributed by atoms with van der Waals surface area (Å²) in [6.07, 6.45) is 0. The molecule has 0 aliphatic carbocycles. The molecular weight excluding hydrogens is 260 g/mol. The standard InChI is InChI=1S/C14H22N2O4/c1-11(12-3-4-13(20-12)14(18)19-2)16-7-5-15(6-8-16)9-10-17/h3-4,11,17H,5-10H2,1-2H3. The van der Waals surface area contributed by atoms with Gasteiger partial charge in [-0.3, -0.25) is 9.80 Å². The van der Waals surface area contributed by atoms with E-state index >= 15 is 0 Å². The number of esters is 1. The molecule has 2 rings (SSSR count). The summed E-state index contributed by atoms with van der Waals surface area (Å²) in [5.41, 5.74) is 0. The number of β-amino-alcohol motifs (C(OH)–C–C–N with tert-alkyl or cyclic N) is 1. The molecule has 6 nitrogen and oxygen atoms in total. The molecule has 20 heavy (non-hydrogen) atoms. The molecule has 1 fully saturated rings. The normalized spacial score (nSPS) is 18.9. The Bertz CT molecular complexity index is 438. The van der Waals surface area contributed by atoms with E-state index in [2.05, 4.69) is 21.5 Å². The highest BCUT2D eigenvalue weighted by Gasteiger charge is 2.24. The lowest BCUT2D eigenvalue weighted by Crippen LogP contribution is -2.47. The Hall–Kier alpha value is -1.37. The van der Waals surface area contributed by atoms with Crippen molar-refractivity contribution in [3.05, 3.63) is 23.7 Å². The topological polar surface area (TPSA) is 66.2 Å². The van der Waals surface area contributed by atoms with Gasteiger partial charge < -0.3 is 14.3 Å². The molecule has 0 saturated carbocycles. The quantitative estimate of drug-likeness (QED) is 0.803. The monoisotopic (exact) mass is 282 g/mol. The number of piperazine rings is 1. The number of hydrogen-bond acceptors (Lipinski definition) is 6. The SMILES string of the molecule is COC(=O)c1ccc(C(C)N2CCN(CCO)CC2)o1. The number of ether oxygens (including phenoxy) is 1. The second-order valence-electron chi connectivity index (χ2n) is 4.97. The molecule has 0 bridgehead atoms. The van der Waals surface area contributed by atoms with Crippen LogP contribution in [0.1, 0.15) is 29.3 Å². The molecule has 0 spiro atoms. The Kier molecular flexibility index (Phi) is 5.17. The van der Waals surface area contributed by atoms with Gasteiger partial charge in [0.15, 0.2) is 0 Å². The maximum atomic E-state index is 11.4. The smallest absolute Gasteiger partial charge is 0.373 e. The molecule has 1 aromatic rings. The molecule has 1 aliphatic rings. The highest BCUT2D eigenvalue weighted by Crippen LogP contribution is 2.23. The number of furan rings is 1. The fraction of sp³-hybridized carbons (Fsp3) is 0.643. The number of aliphatic hydroxyl groups excluding tert-OH is 1. The molecule has 0 amide bonds. The summed E-state index contributed by atoms with van der Waals surface area (Å²) in [4.78, 5) is 15.9. The maximum Gasteiger partial charge on any atom is 0.373 e. The van der Waals surface area contributed by atoms with Gasteiger partial charge in [0.05, 0.1) is 19.8 Å². The van der Waals surface area contributed by atoms with Crippen LogP contribution in [-0.2, 0) is 4.74 Å². The molecule has 6 heteroatoms. The zero-order valence-corrected chi connectivity index (χ0v) is 12.0. The average molecular weight is 282 g/mol. The predicted molar refractivity (Wildman–Crippen MR) is 73.6 cm³/mol. The van der Waals surface area contributed by atoms with E-state index in [0.717, 1.165) is 38.5 Å². The lowest BCUT2D eigenvalue weighted by Gasteiger charge is -2.37. The van der Waals surface area contributed by atoms with Crippen LogP contribution in [0.4, 0.5) is 0 Å². The zero-order chi connectivity index (χ0) is 14.5. The van der Waals surface area contributed by atoms with Gasteiger partial charge in [-0.2, -0.15) is 0 Å². The van der Waals surface area contributed by atoms with E-state index in [4.69, 9.17) is 9.52 Å². The molecule has 0 radical (unpaired) electrons. The summed E-state index contributed by atoms with van der Waals surface area (Å²) < 4.78 is 10.2. The van der Waals surface area contributed by atoms with Crippen molar-refractivity contribution in [2.75, 3.05) is 46.4 Å². The van der Waals surface area contributed by atoms with Crippen LogP contribution in [0.25, 0.3) is 0 Å². The van der Waals surface area contributed by atoms with Gasteiger partial charge >= 0.3 is 5.97 Å². The fourth-order valence-corrected chi connectivity index (χ4v) is 2.48. The summed E-state index contributed by atoms with van der Waals surface area (Å²) in [5.74, 6) is 0.575. The third-order valence-corrected chi connectivity index (χ3v) is 3.80. The van der Waals surface area contributed by atoms with Crippen LogP contribution < -0.4 is 0 Å². The van der Waals surface area contributed by atoms with E-state index in [1.807, 2.05) is 6.07 Å². The van der Waals surface area contributed by atoms with Crippen LogP contribution in [0.5, 0.6) is 0 Å². The third-order valence-electron chi connectivity index (χ3n) is 3.80. The van der Waals surface area contributed by atoms with E-state index in [1.54, 1.807) is 6.07 Å². The molecule has 0 aromatic carbocycles. The largest absolute Gasteiger partial charge is 0.463 e. The fourth-order valence-electron chi connectivity index (χ4n) is 2.48. The summed E-state index contributed by atoms with van der Waals surface area (Å²) in [6, 6.07) is 3.61. The minimum atomic E-state index is -0.448. The molecule has 1 unspecified atom stereocenters. The summed E-state index contributed by atoms with van der Waals surface area (Å²) in [6.45, 7) is 6.74. The number of methoxy groups -OCH3 is 1. The van der Waals surface area contributed by atoms with Gasteiger partial charge in [-0.25, -0.2) is 4.79 Å². The Labute approximate surface area is 118 Å². The van der Waals surface area contributed by atoms with E-state index in [9.17, 15) is 4.79 Å². The second-order valence-corrected chi connectivity index (χ2v) is 4.97. The Morgan fingerprint density at radius 1 is 1.40 bits per heavy atom. The van der Waals surface area contributed by atoms with E-state index in [0.29, 0.717) is 0 Å². The van der Waals surface area contributed by atoms with Gasteiger partial charge in [-0.05, 0) is 19.1 Å². The van der Waals surface area contributed by atoms with Crippen molar-refractivity contribution in [2.24, 2.45) is 0 Å². The van der Waals surface area contributed by atoms with Crippen molar-refractivity contribution < 1.29 is 19.1 Å². The molecule has 1 N–H and O–H groups in total. The highest BCUT2D eigenvalue weighted by atomic mass is 16.5. The Morgan fingerprint density at radius 3 is 2.70 bits per heavy atom. The first-order valence-electron chi connectivity index (χ1n) is 6.91. The number of aliphatic hydroxyl groups is 1. The van der Waals surface area contributed by atoms with Crippen LogP contribution in [-0.4, -0.2) is 67.3 Å². The van der Waals surface area contributed by atoms with Crippen LogP contribution in [0.15, 0.2) is 16.5 Å². The Morgan fingerprint density at radius 2 is 2.10 bits per heavy atom. The van der Waals surface area contributed by atoms with Crippen molar-refractivity contribution in [1.82, 2.24) is 9.80 Å². The van der Waals surface area contributed by atoms with E-state index in [1.165, 1.54) is 7.11 Å². The molecule has 1 saturated heterocycles. The van der Waals surface area contributed by atoms with Gasteiger partial charge in [0, 0.05) is 32.7 Å². The summed E-state index contributed by atoms with van der Waals surface area (Å²) in [7, 11) is 1.34. The van der Waals surface area contributed by atoms with Gasteiger partial charge in [-0.15, -0.1) is 0 Å². The summed E-state index contributed by atoms with van der Waals surface area (Å²) in [5, 5.41) is 8.94. The van der Waals surface area contributed by atoms with Crippen molar-refractivity contribution in [1.29, 1.82) is 0 Å². The van der Waals surface area contributed by atoms with E-state index < -0.39 is 5.97 Å². The van der Waals surface area contributed by atoms with Crippen LogP contribution in [0.3, 0.4) is 0 Å². The van der Waals surface area contributed by atoms with Gasteiger partial charge in [-0.1, -0.05) is 0 Å². The lowest BCUT2D eigenvalue weighted by atomic mass is 10.2. The highest BCUT2D eigenvalue weighted by molar-refractivity contribution is 5.86. The minimum Gasteiger partial charge on any atom is -0.463 e. The number of rotatable bonds is 5. The van der Waals surface area contributed by atoms with Gasteiger partial charge in [0.25, 0.3) is 0 Å². The molecule has 112 valence electrons. The molecular formula is C14H22N2O4. The van der Waals surface area contributed by atoms with Crippen molar-refractivity contribution in [3.63, 3.8) is 0 Å². The first-order valence-corrected chi connectivity index (χ1v) is 6.91. The number of nitrogens with zero attached hydrogens (tertiary/aromatic N) is 2. The van der Waals surface area contributed by atoms with E-state index in [-0.39, 0.29) is 18.4 Å². The van der Waals surface area contributed by atoms with Gasteiger partial charge in [0.1, 0.15) is 5.76 Å². The number of carbonyl (C=O) groups is 1. The molecule has 1 atom stereocenters. The first kappa shape index (κ1) is 15.0. The van der Waals surface area contributed by atoms with Crippen molar-refractivity contribution in [3.8, 4) is 0 Å². The molecule has 1 aliphatic heterocycles. The lowest BCUT2D eigenvalue weighted by molar-refractivity contribution is 0.0550. The van der Waals surface area contributed by atoms with Crippen LogP contribution in [0.2, 0.25) is 0 Å². The van der Waals surface area contributed by atoms with Crippen LogP contribution in [0, 0.1) is 0 Å². The zero-order valence-electron chi connectivity index (χ0n) is 12.0. The average Bonchev–Trinajstić information content (AvgIpc) is 2.96. The number of hydrogen-bond donors (Lipinski definition) is 1. The maximum absolute atomic E-state index is 11.4. The minimum absolute atomic E-state index is 0.129. The van der Waals surface area contributed by atoms with Crippen molar-refractivity contribution >= 4 is 5.97 Å². The van der Waals surface area contributed by atoms with Gasteiger partial charge in [0.2, 0.25) is 5.76 Å². The predicted octanol–water partition coefficient (Wildman–Crippen LogP) is 0.737.